The second kappa shape index (κ2) is 6.42. The zero-order valence-electron chi connectivity index (χ0n) is 12.6. The summed E-state index contributed by atoms with van der Waals surface area (Å²) < 4.78 is 7.79. The summed E-state index contributed by atoms with van der Waals surface area (Å²) in [6.07, 6.45) is 1.74. The summed E-state index contributed by atoms with van der Waals surface area (Å²) in [6, 6.07) is 11.5. The van der Waals surface area contributed by atoms with E-state index in [2.05, 4.69) is 39.5 Å². The molecule has 0 amide bonds. The van der Waals surface area contributed by atoms with Crippen LogP contribution in [-0.2, 0) is 4.74 Å². The van der Waals surface area contributed by atoms with Crippen LogP contribution in [0.4, 0.5) is 0 Å². The van der Waals surface area contributed by atoms with Crippen molar-refractivity contribution in [3.8, 4) is 17.5 Å². The molecule has 0 saturated carbocycles. The van der Waals surface area contributed by atoms with Crippen molar-refractivity contribution in [2.45, 2.75) is 6.92 Å². The fraction of sp³-hybridized carbons (Fsp3) is 0.111. The molecule has 0 bridgehead atoms. The first-order valence-corrected chi connectivity index (χ1v) is 8.01. The van der Waals surface area contributed by atoms with Crippen molar-refractivity contribution in [1.29, 1.82) is 0 Å². The lowest BCUT2D eigenvalue weighted by Crippen LogP contribution is -2.06. The van der Waals surface area contributed by atoms with Crippen LogP contribution < -0.4 is 0 Å². The third kappa shape index (κ3) is 2.82. The quantitative estimate of drug-likeness (QED) is 0.363. The lowest BCUT2D eigenvalue weighted by molar-refractivity contribution is 0.0602. The number of carbonyl (C=O) groups excluding carboxylic acids is 1. The van der Waals surface area contributed by atoms with E-state index in [0.29, 0.717) is 11.1 Å². The van der Waals surface area contributed by atoms with Crippen LogP contribution in [0.1, 0.15) is 22.8 Å². The average molecular weight is 416 g/mol. The minimum atomic E-state index is -0.390. The normalized spacial score (nSPS) is 10.2. The number of hydrogen-bond donors (Lipinski definition) is 0. The highest BCUT2D eigenvalue weighted by atomic mass is 127. The smallest absolute Gasteiger partial charge is 0.340 e. The molecule has 0 saturated heterocycles. The maximum atomic E-state index is 12.1. The summed E-state index contributed by atoms with van der Waals surface area (Å²) in [5.74, 6) is 5.55. The molecule has 0 spiro atoms. The topological polar surface area (TPSA) is 44.1 Å². The number of carbonyl (C=O) groups is 1. The highest BCUT2D eigenvalue weighted by Gasteiger charge is 2.18. The van der Waals surface area contributed by atoms with Gasteiger partial charge in [0.15, 0.2) is 0 Å². The standard InChI is InChI=1S/C18H13IN2O2/c1-3-4-12-5-10-15(18(22)23-2)17-16(12)11-20-21(17)14-8-6-13(19)7-9-14/h5-11H,1-2H3. The number of rotatable bonds is 2. The van der Waals surface area contributed by atoms with Crippen LogP contribution in [0.15, 0.2) is 42.6 Å². The number of methoxy groups -OCH3 is 1. The number of aromatic nitrogens is 2. The van der Waals surface area contributed by atoms with Gasteiger partial charge in [0.05, 0.1) is 30.1 Å². The Morgan fingerprint density at radius 2 is 1.96 bits per heavy atom. The van der Waals surface area contributed by atoms with Crippen molar-refractivity contribution >= 4 is 39.5 Å². The zero-order chi connectivity index (χ0) is 16.4. The van der Waals surface area contributed by atoms with E-state index >= 15 is 0 Å². The first-order chi connectivity index (χ1) is 11.2. The fourth-order valence-corrected chi connectivity index (χ4v) is 2.80. The molecule has 23 heavy (non-hydrogen) atoms. The molecule has 5 heteroatoms. The van der Waals surface area contributed by atoms with E-state index in [-0.39, 0.29) is 0 Å². The van der Waals surface area contributed by atoms with Gasteiger partial charge in [-0.1, -0.05) is 5.92 Å². The van der Waals surface area contributed by atoms with Crippen LogP contribution in [0.3, 0.4) is 0 Å². The van der Waals surface area contributed by atoms with Crippen LogP contribution in [0, 0.1) is 15.4 Å². The first kappa shape index (κ1) is 15.6. The van der Waals surface area contributed by atoms with Crippen LogP contribution in [0.25, 0.3) is 16.6 Å². The number of fused-ring (bicyclic) bond motifs is 1. The Labute approximate surface area is 147 Å². The molecule has 0 fully saturated rings. The number of ether oxygens (including phenoxy) is 1. The molecule has 0 atom stereocenters. The van der Waals surface area contributed by atoms with E-state index in [0.717, 1.165) is 20.2 Å². The van der Waals surface area contributed by atoms with Gasteiger partial charge in [-0.05, 0) is 65.9 Å². The van der Waals surface area contributed by atoms with E-state index < -0.39 is 5.97 Å². The van der Waals surface area contributed by atoms with Gasteiger partial charge in [0, 0.05) is 14.5 Å². The van der Waals surface area contributed by atoms with Crippen molar-refractivity contribution < 1.29 is 9.53 Å². The lowest BCUT2D eigenvalue weighted by atomic mass is 10.1. The van der Waals surface area contributed by atoms with E-state index in [9.17, 15) is 4.79 Å². The molecule has 0 aliphatic carbocycles. The van der Waals surface area contributed by atoms with Crippen LogP contribution in [-0.4, -0.2) is 22.9 Å². The maximum Gasteiger partial charge on any atom is 0.340 e. The number of esters is 1. The molecule has 2 aromatic carbocycles. The molecule has 0 aliphatic rings. The second-order valence-corrected chi connectivity index (χ2v) is 6.07. The van der Waals surface area contributed by atoms with Crippen molar-refractivity contribution in [2.75, 3.05) is 7.11 Å². The van der Waals surface area contributed by atoms with Crippen LogP contribution in [0.5, 0.6) is 0 Å². The molecular weight excluding hydrogens is 403 g/mol. The minimum absolute atomic E-state index is 0.390. The van der Waals surface area contributed by atoms with E-state index in [1.165, 1.54) is 7.11 Å². The molecule has 4 nitrogen and oxygen atoms in total. The predicted molar refractivity (Wildman–Crippen MR) is 97.7 cm³/mol. The van der Waals surface area contributed by atoms with Gasteiger partial charge in [0.25, 0.3) is 0 Å². The Hall–Kier alpha value is -2.33. The van der Waals surface area contributed by atoms with Gasteiger partial charge in [0.1, 0.15) is 0 Å². The Balaban J connectivity index is 2.34. The SMILES string of the molecule is CC#Cc1ccc(C(=O)OC)c2c1cnn2-c1ccc(I)cc1. The molecule has 0 N–H and O–H groups in total. The maximum absolute atomic E-state index is 12.1. The number of benzene rings is 2. The largest absolute Gasteiger partial charge is 0.465 e. The molecule has 0 unspecified atom stereocenters. The third-order valence-electron chi connectivity index (χ3n) is 3.47. The van der Waals surface area contributed by atoms with Gasteiger partial charge in [-0.15, -0.1) is 5.92 Å². The third-order valence-corrected chi connectivity index (χ3v) is 4.19. The van der Waals surface area contributed by atoms with Gasteiger partial charge in [-0.2, -0.15) is 5.10 Å². The lowest BCUT2D eigenvalue weighted by Gasteiger charge is -2.08. The van der Waals surface area contributed by atoms with Crippen molar-refractivity contribution in [3.05, 3.63) is 57.3 Å². The summed E-state index contributed by atoms with van der Waals surface area (Å²) in [6.45, 7) is 1.78. The van der Waals surface area contributed by atoms with Gasteiger partial charge in [0.2, 0.25) is 0 Å². The Morgan fingerprint density at radius 1 is 1.22 bits per heavy atom. The predicted octanol–water partition coefficient (Wildman–Crippen LogP) is 3.79. The number of halogens is 1. The minimum Gasteiger partial charge on any atom is -0.465 e. The summed E-state index contributed by atoms with van der Waals surface area (Å²) in [5, 5.41) is 5.29. The van der Waals surface area contributed by atoms with Gasteiger partial charge < -0.3 is 4.74 Å². The zero-order valence-corrected chi connectivity index (χ0v) is 14.8. The van der Waals surface area contributed by atoms with Gasteiger partial charge in [-0.25, -0.2) is 9.48 Å². The molecular formula is C18H13IN2O2. The summed E-state index contributed by atoms with van der Waals surface area (Å²) in [5.41, 5.74) is 2.90. The van der Waals surface area contributed by atoms with Crippen molar-refractivity contribution in [3.63, 3.8) is 0 Å². The molecule has 1 heterocycles. The Morgan fingerprint density at radius 3 is 2.61 bits per heavy atom. The van der Waals surface area contributed by atoms with Gasteiger partial charge in [-0.3, -0.25) is 0 Å². The van der Waals surface area contributed by atoms with E-state index in [1.54, 1.807) is 23.9 Å². The fourth-order valence-electron chi connectivity index (χ4n) is 2.44. The number of nitrogens with zero attached hydrogens (tertiary/aromatic N) is 2. The molecule has 114 valence electrons. The van der Waals surface area contributed by atoms with Crippen LogP contribution >= 0.6 is 22.6 Å². The summed E-state index contributed by atoms with van der Waals surface area (Å²) in [4.78, 5) is 12.1. The summed E-state index contributed by atoms with van der Waals surface area (Å²) >= 11 is 2.25. The monoisotopic (exact) mass is 416 g/mol. The van der Waals surface area contributed by atoms with E-state index in [1.807, 2.05) is 30.3 Å². The van der Waals surface area contributed by atoms with Crippen molar-refractivity contribution in [2.24, 2.45) is 0 Å². The average Bonchev–Trinajstić information content (AvgIpc) is 3.01. The molecule has 3 rings (SSSR count). The Kier molecular flexibility index (Phi) is 4.35. The molecule has 0 radical (unpaired) electrons. The molecule has 0 aliphatic heterocycles. The highest BCUT2D eigenvalue weighted by molar-refractivity contribution is 14.1. The highest BCUT2D eigenvalue weighted by Crippen LogP contribution is 2.26. The Bertz CT molecular complexity index is 947. The molecule has 3 aromatic rings. The molecule has 1 aromatic heterocycles. The van der Waals surface area contributed by atoms with E-state index in [4.69, 9.17) is 4.74 Å². The summed E-state index contributed by atoms with van der Waals surface area (Å²) in [7, 11) is 1.37. The first-order valence-electron chi connectivity index (χ1n) is 6.93. The van der Waals surface area contributed by atoms with Gasteiger partial charge >= 0.3 is 5.97 Å². The number of hydrogen-bond acceptors (Lipinski definition) is 3. The van der Waals surface area contributed by atoms with Crippen molar-refractivity contribution in [1.82, 2.24) is 9.78 Å². The second-order valence-electron chi connectivity index (χ2n) is 4.82. The van der Waals surface area contributed by atoms with Crippen LogP contribution in [0.2, 0.25) is 0 Å².